The van der Waals surface area contributed by atoms with Gasteiger partial charge in [0.25, 0.3) is 0 Å². The molecule has 21 heavy (non-hydrogen) atoms. The lowest BCUT2D eigenvalue weighted by Crippen LogP contribution is -2.42. The zero-order chi connectivity index (χ0) is 14.8. The highest BCUT2D eigenvalue weighted by Gasteiger charge is 2.42. The lowest BCUT2D eigenvalue weighted by atomic mass is 10.2. The van der Waals surface area contributed by atoms with Crippen molar-refractivity contribution in [2.24, 2.45) is 0 Å². The predicted octanol–water partition coefficient (Wildman–Crippen LogP) is 2.50. The van der Waals surface area contributed by atoms with Gasteiger partial charge in [0.05, 0.1) is 12.5 Å². The average molecular weight is 307 g/mol. The number of hydrogen-bond acceptors (Lipinski definition) is 3. The Bertz CT molecular complexity index is 538. The van der Waals surface area contributed by atoms with Gasteiger partial charge in [-0.25, -0.2) is 0 Å². The van der Waals surface area contributed by atoms with Crippen LogP contribution in [0.3, 0.4) is 0 Å². The third-order valence-electron chi connectivity index (χ3n) is 4.34. The highest BCUT2D eigenvalue weighted by molar-refractivity contribution is 6.30. The monoisotopic (exact) mass is 306 g/mol. The van der Waals surface area contributed by atoms with Crippen LogP contribution in [0.1, 0.15) is 37.7 Å². The van der Waals surface area contributed by atoms with E-state index in [1.807, 2.05) is 24.3 Å². The van der Waals surface area contributed by atoms with Crippen LogP contribution in [0.5, 0.6) is 0 Å². The van der Waals surface area contributed by atoms with Crippen LogP contribution in [0, 0.1) is 0 Å². The normalized spacial score (nSPS) is 23.3. The molecule has 3 rings (SSSR count). The first-order chi connectivity index (χ1) is 10.1. The Kier molecular flexibility index (Phi) is 4.27. The van der Waals surface area contributed by atoms with Gasteiger partial charge in [-0.15, -0.1) is 0 Å². The van der Waals surface area contributed by atoms with E-state index >= 15 is 0 Å². The third kappa shape index (κ3) is 3.11. The van der Waals surface area contributed by atoms with Crippen LogP contribution in [0.25, 0.3) is 0 Å². The summed E-state index contributed by atoms with van der Waals surface area (Å²) in [6, 6.07) is 7.24. The van der Waals surface area contributed by atoms with E-state index in [9.17, 15) is 9.59 Å². The highest BCUT2D eigenvalue weighted by Crippen LogP contribution is 2.28. The molecule has 2 aliphatic rings. The second kappa shape index (κ2) is 6.16. The number of benzene rings is 1. The zero-order valence-corrected chi connectivity index (χ0v) is 12.6. The molecule has 4 nitrogen and oxygen atoms in total. The summed E-state index contributed by atoms with van der Waals surface area (Å²) in [5, 5.41) is 3.89. The number of nitrogens with zero attached hydrogens (tertiary/aromatic N) is 1. The van der Waals surface area contributed by atoms with E-state index in [4.69, 9.17) is 11.6 Å². The molecule has 1 atom stereocenters. The number of rotatable bonds is 4. The maximum absolute atomic E-state index is 12.4. The van der Waals surface area contributed by atoms with Crippen LogP contribution >= 0.6 is 11.6 Å². The second-order valence-corrected chi connectivity index (χ2v) is 6.24. The third-order valence-corrected chi connectivity index (χ3v) is 4.59. The molecule has 1 unspecified atom stereocenters. The fourth-order valence-corrected chi connectivity index (χ4v) is 3.33. The van der Waals surface area contributed by atoms with Crippen LogP contribution in [0.15, 0.2) is 24.3 Å². The van der Waals surface area contributed by atoms with Crippen LogP contribution < -0.4 is 5.32 Å². The first-order valence-electron chi connectivity index (χ1n) is 7.49. The standard InChI is InChI=1S/C16H19ClN2O2/c17-12-7-5-11(6-8-12)10-18-14-9-15(20)19(16(14)21)13-3-1-2-4-13/h5-8,13-14,18H,1-4,9-10H2. The van der Waals surface area contributed by atoms with Gasteiger partial charge in [-0.05, 0) is 30.5 Å². The number of likely N-dealkylation sites (tertiary alicyclic amines) is 1. The number of amides is 2. The van der Waals surface area contributed by atoms with Gasteiger partial charge >= 0.3 is 0 Å². The number of hydrogen-bond donors (Lipinski definition) is 1. The Labute approximate surface area is 129 Å². The van der Waals surface area contributed by atoms with E-state index < -0.39 is 0 Å². The molecule has 1 aromatic carbocycles. The summed E-state index contributed by atoms with van der Waals surface area (Å²) in [6.07, 6.45) is 4.43. The van der Waals surface area contributed by atoms with Gasteiger partial charge in [-0.1, -0.05) is 36.6 Å². The first kappa shape index (κ1) is 14.5. The van der Waals surface area contributed by atoms with E-state index in [1.165, 1.54) is 4.90 Å². The molecular formula is C16H19ClN2O2. The number of halogens is 1. The molecule has 2 fully saturated rings. The van der Waals surface area contributed by atoms with Gasteiger partial charge in [0, 0.05) is 17.6 Å². The molecule has 0 spiro atoms. The summed E-state index contributed by atoms with van der Waals surface area (Å²) in [6.45, 7) is 0.569. The Morgan fingerprint density at radius 2 is 1.81 bits per heavy atom. The van der Waals surface area contributed by atoms with Gasteiger partial charge in [-0.2, -0.15) is 0 Å². The van der Waals surface area contributed by atoms with Crippen molar-refractivity contribution in [2.45, 2.75) is 50.7 Å². The lowest BCUT2D eigenvalue weighted by molar-refractivity contribution is -0.141. The molecule has 1 heterocycles. The van der Waals surface area contributed by atoms with Gasteiger partial charge < -0.3 is 5.32 Å². The van der Waals surface area contributed by atoms with Crippen molar-refractivity contribution in [1.29, 1.82) is 0 Å². The Morgan fingerprint density at radius 3 is 2.48 bits per heavy atom. The first-order valence-corrected chi connectivity index (χ1v) is 7.86. The van der Waals surface area contributed by atoms with E-state index in [-0.39, 0.29) is 30.3 Å². The van der Waals surface area contributed by atoms with Crippen molar-refractivity contribution in [3.63, 3.8) is 0 Å². The molecule has 1 aliphatic carbocycles. The second-order valence-electron chi connectivity index (χ2n) is 5.80. The minimum atomic E-state index is -0.381. The summed E-state index contributed by atoms with van der Waals surface area (Å²) in [5.74, 6) is -0.0821. The summed E-state index contributed by atoms with van der Waals surface area (Å²) in [4.78, 5) is 26.0. The fourth-order valence-electron chi connectivity index (χ4n) is 3.20. The van der Waals surface area contributed by atoms with Crippen LogP contribution in [-0.4, -0.2) is 28.8 Å². The van der Waals surface area contributed by atoms with Crippen molar-refractivity contribution in [1.82, 2.24) is 10.2 Å². The maximum Gasteiger partial charge on any atom is 0.247 e. The number of nitrogens with one attached hydrogen (secondary N) is 1. The summed E-state index contributed by atoms with van der Waals surface area (Å²) < 4.78 is 0. The van der Waals surface area contributed by atoms with Crippen molar-refractivity contribution >= 4 is 23.4 Å². The highest BCUT2D eigenvalue weighted by atomic mass is 35.5. The number of carbonyl (C=O) groups excluding carboxylic acids is 2. The lowest BCUT2D eigenvalue weighted by Gasteiger charge is -2.22. The SMILES string of the molecule is O=C1CC(NCc2ccc(Cl)cc2)C(=O)N1C1CCCC1. The molecule has 1 aliphatic heterocycles. The van der Waals surface area contributed by atoms with E-state index in [1.54, 1.807) is 0 Å². The van der Waals surface area contributed by atoms with Crippen molar-refractivity contribution in [3.8, 4) is 0 Å². The fraction of sp³-hybridized carbons (Fsp3) is 0.500. The smallest absolute Gasteiger partial charge is 0.247 e. The van der Waals surface area contributed by atoms with Crippen molar-refractivity contribution in [3.05, 3.63) is 34.9 Å². The molecule has 0 aromatic heterocycles. The van der Waals surface area contributed by atoms with Gasteiger partial charge in [0.1, 0.15) is 0 Å². The summed E-state index contributed by atoms with van der Waals surface area (Å²) >= 11 is 5.85. The number of carbonyl (C=O) groups is 2. The van der Waals surface area contributed by atoms with Crippen LogP contribution in [0.4, 0.5) is 0 Å². The molecule has 5 heteroatoms. The van der Waals surface area contributed by atoms with Gasteiger partial charge in [-0.3, -0.25) is 14.5 Å². The molecule has 0 bridgehead atoms. The van der Waals surface area contributed by atoms with Crippen LogP contribution in [-0.2, 0) is 16.1 Å². The Morgan fingerprint density at radius 1 is 1.14 bits per heavy atom. The predicted molar refractivity (Wildman–Crippen MR) is 80.8 cm³/mol. The van der Waals surface area contributed by atoms with Crippen LogP contribution in [0.2, 0.25) is 5.02 Å². The minimum absolute atomic E-state index is 0.0273. The zero-order valence-electron chi connectivity index (χ0n) is 11.8. The van der Waals surface area contributed by atoms with E-state index in [0.717, 1.165) is 31.2 Å². The topological polar surface area (TPSA) is 49.4 Å². The van der Waals surface area contributed by atoms with Gasteiger partial charge in [0.2, 0.25) is 11.8 Å². The molecule has 1 saturated heterocycles. The largest absolute Gasteiger partial charge is 0.301 e. The van der Waals surface area contributed by atoms with Gasteiger partial charge in [0.15, 0.2) is 0 Å². The summed E-state index contributed by atoms with van der Waals surface area (Å²) in [7, 11) is 0. The quantitative estimate of drug-likeness (QED) is 0.870. The van der Waals surface area contributed by atoms with Crippen molar-refractivity contribution in [2.75, 3.05) is 0 Å². The average Bonchev–Trinajstić information content (AvgIpc) is 3.07. The molecule has 1 N–H and O–H groups in total. The number of imide groups is 1. The molecule has 2 amide bonds. The molecular weight excluding hydrogens is 288 g/mol. The molecule has 112 valence electrons. The van der Waals surface area contributed by atoms with E-state index in [0.29, 0.717) is 11.6 Å². The van der Waals surface area contributed by atoms with Crippen molar-refractivity contribution < 1.29 is 9.59 Å². The minimum Gasteiger partial charge on any atom is -0.301 e. The Hall–Kier alpha value is -1.39. The Balaban J connectivity index is 1.60. The van der Waals surface area contributed by atoms with E-state index in [2.05, 4.69) is 5.32 Å². The molecule has 1 aromatic rings. The molecule has 0 radical (unpaired) electrons. The summed E-state index contributed by atoms with van der Waals surface area (Å²) in [5.41, 5.74) is 1.05. The molecule has 1 saturated carbocycles. The maximum atomic E-state index is 12.4.